The highest BCUT2D eigenvalue weighted by Crippen LogP contribution is 2.33. The van der Waals surface area contributed by atoms with Gasteiger partial charge in [-0.05, 0) is 36.8 Å². The minimum absolute atomic E-state index is 0.0178. The molecule has 0 N–H and O–H groups in total. The molecule has 0 unspecified atom stereocenters. The summed E-state index contributed by atoms with van der Waals surface area (Å²) in [6.45, 7) is 8.57. The van der Waals surface area contributed by atoms with Gasteiger partial charge in [-0.1, -0.05) is 6.07 Å². The normalized spacial score (nSPS) is 15.5. The van der Waals surface area contributed by atoms with E-state index < -0.39 is 0 Å². The lowest BCUT2D eigenvalue weighted by atomic mass is 10.2. The first-order chi connectivity index (χ1) is 16.0. The van der Waals surface area contributed by atoms with Crippen molar-refractivity contribution < 1.29 is 28.2 Å². The van der Waals surface area contributed by atoms with Gasteiger partial charge in [-0.15, -0.1) is 0 Å². The summed E-state index contributed by atoms with van der Waals surface area (Å²) in [4.78, 5) is 31.2. The van der Waals surface area contributed by atoms with Gasteiger partial charge >= 0.3 is 0 Å². The Hall–Kier alpha value is -3.04. The predicted molar refractivity (Wildman–Crippen MR) is 120 cm³/mol. The van der Waals surface area contributed by atoms with E-state index in [1.54, 1.807) is 9.80 Å². The Morgan fingerprint density at radius 3 is 2.52 bits per heavy atom. The molecule has 9 nitrogen and oxygen atoms in total. The van der Waals surface area contributed by atoms with Crippen molar-refractivity contribution in [1.29, 1.82) is 0 Å². The fourth-order valence-corrected chi connectivity index (χ4v) is 3.95. The topological polar surface area (TPSA) is 84.7 Å². The summed E-state index contributed by atoms with van der Waals surface area (Å²) in [6.07, 6.45) is 0. The number of carbonyl (C=O) groups excluding carboxylic acids is 2. The number of hydrogen-bond acceptors (Lipinski definition) is 7. The van der Waals surface area contributed by atoms with Gasteiger partial charge in [-0.2, -0.15) is 0 Å². The maximum absolute atomic E-state index is 13.4. The maximum Gasteiger partial charge on any atom is 0.242 e. The summed E-state index contributed by atoms with van der Waals surface area (Å²) in [6, 6.07) is 9.40. The van der Waals surface area contributed by atoms with Crippen LogP contribution in [0.3, 0.4) is 0 Å². The maximum atomic E-state index is 13.4. The molecule has 4 rings (SSSR count). The fourth-order valence-electron chi connectivity index (χ4n) is 3.95. The van der Waals surface area contributed by atoms with Gasteiger partial charge in [0.2, 0.25) is 18.6 Å². The number of fused-ring (bicyclic) bond motifs is 1. The third-order valence-corrected chi connectivity index (χ3v) is 5.87. The molecule has 2 aromatic rings. The van der Waals surface area contributed by atoms with E-state index in [1.807, 2.05) is 37.3 Å². The lowest BCUT2D eigenvalue weighted by molar-refractivity contribution is -0.140. The highest BCUT2D eigenvalue weighted by molar-refractivity contribution is 5.83. The van der Waals surface area contributed by atoms with Crippen molar-refractivity contribution in [1.82, 2.24) is 14.7 Å². The molecule has 3 heterocycles. The van der Waals surface area contributed by atoms with Gasteiger partial charge in [0.15, 0.2) is 11.5 Å². The van der Waals surface area contributed by atoms with Crippen molar-refractivity contribution >= 4 is 11.8 Å². The minimum Gasteiger partial charge on any atom is -0.464 e. The molecule has 0 saturated carbocycles. The molecule has 178 valence electrons. The molecule has 2 aliphatic heterocycles. The van der Waals surface area contributed by atoms with E-state index in [1.165, 1.54) is 6.92 Å². The quantitative estimate of drug-likeness (QED) is 0.570. The zero-order valence-electron chi connectivity index (χ0n) is 19.2. The van der Waals surface area contributed by atoms with Crippen molar-refractivity contribution in [3.05, 3.63) is 47.4 Å². The van der Waals surface area contributed by atoms with Crippen LogP contribution in [-0.2, 0) is 27.4 Å². The highest BCUT2D eigenvalue weighted by Gasteiger charge is 2.23. The van der Waals surface area contributed by atoms with Crippen molar-refractivity contribution in [3.63, 3.8) is 0 Å². The zero-order valence-corrected chi connectivity index (χ0v) is 19.2. The molecule has 33 heavy (non-hydrogen) atoms. The van der Waals surface area contributed by atoms with Crippen molar-refractivity contribution in [2.45, 2.75) is 26.9 Å². The molecular formula is C24H31N3O6. The van der Waals surface area contributed by atoms with Crippen molar-refractivity contribution in [2.75, 3.05) is 52.7 Å². The summed E-state index contributed by atoms with van der Waals surface area (Å²) in [7, 11) is 0. The SMILES string of the molecule is CC(=O)N(CCN1CCOCC1)CC(=O)N(Cc1ccc2c(c1)OCO2)Cc1ccc(C)o1. The molecule has 0 spiro atoms. The number of morpholine rings is 1. The number of nitrogens with zero attached hydrogens (tertiary/aromatic N) is 3. The van der Waals surface area contributed by atoms with Crippen LogP contribution in [-0.4, -0.2) is 79.2 Å². The lowest BCUT2D eigenvalue weighted by Crippen LogP contribution is -2.46. The molecule has 1 saturated heterocycles. The molecule has 1 fully saturated rings. The van der Waals surface area contributed by atoms with Crippen LogP contribution in [0.2, 0.25) is 0 Å². The number of aryl methyl sites for hydroxylation is 1. The minimum atomic E-state index is -0.140. The zero-order chi connectivity index (χ0) is 23.2. The van der Waals surface area contributed by atoms with E-state index in [0.717, 1.165) is 31.0 Å². The molecule has 2 amide bonds. The average Bonchev–Trinajstić information content (AvgIpc) is 3.44. The van der Waals surface area contributed by atoms with E-state index in [-0.39, 0.29) is 25.2 Å². The van der Waals surface area contributed by atoms with Crippen molar-refractivity contribution in [3.8, 4) is 11.5 Å². The van der Waals surface area contributed by atoms with Crippen LogP contribution in [0.25, 0.3) is 0 Å². The lowest BCUT2D eigenvalue weighted by Gasteiger charge is -2.30. The molecule has 0 radical (unpaired) electrons. The predicted octanol–water partition coefficient (Wildman–Crippen LogP) is 2.03. The molecule has 9 heteroatoms. The standard InChI is InChI=1S/C24H31N3O6/c1-18-3-5-21(33-18)15-27(14-20-4-6-22-23(13-20)32-17-31-22)24(29)16-26(19(2)28)8-7-25-9-11-30-12-10-25/h3-6,13H,7-12,14-17H2,1-2H3. The van der Waals surface area contributed by atoms with Gasteiger partial charge in [-0.25, -0.2) is 0 Å². The third kappa shape index (κ3) is 6.27. The van der Waals surface area contributed by atoms with Crippen LogP contribution >= 0.6 is 0 Å². The molecular weight excluding hydrogens is 426 g/mol. The van der Waals surface area contributed by atoms with Crippen LogP contribution in [0.5, 0.6) is 11.5 Å². The average molecular weight is 458 g/mol. The first-order valence-corrected chi connectivity index (χ1v) is 11.2. The number of hydrogen-bond donors (Lipinski definition) is 0. The van der Waals surface area contributed by atoms with E-state index >= 15 is 0 Å². The number of ether oxygens (including phenoxy) is 3. The Bertz CT molecular complexity index is 969. The Kier molecular flexibility index (Phi) is 7.51. The summed E-state index contributed by atoms with van der Waals surface area (Å²) in [5.41, 5.74) is 0.915. The molecule has 1 aromatic heterocycles. The summed E-state index contributed by atoms with van der Waals surface area (Å²) >= 11 is 0. The molecule has 0 aliphatic carbocycles. The number of benzene rings is 1. The molecule has 0 atom stereocenters. The second-order valence-corrected chi connectivity index (χ2v) is 8.34. The second kappa shape index (κ2) is 10.7. The molecule has 1 aromatic carbocycles. The number of amides is 2. The van der Waals surface area contributed by atoms with Crippen molar-refractivity contribution in [2.24, 2.45) is 0 Å². The van der Waals surface area contributed by atoms with Gasteiger partial charge in [0.25, 0.3) is 0 Å². The van der Waals surface area contributed by atoms with Crippen LogP contribution in [0.1, 0.15) is 24.0 Å². The monoisotopic (exact) mass is 457 g/mol. The number of furan rings is 1. The van der Waals surface area contributed by atoms with Crippen LogP contribution in [0, 0.1) is 6.92 Å². The molecule has 2 aliphatic rings. The van der Waals surface area contributed by atoms with E-state index in [9.17, 15) is 9.59 Å². The van der Waals surface area contributed by atoms with Crippen LogP contribution in [0.4, 0.5) is 0 Å². The van der Waals surface area contributed by atoms with Crippen LogP contribution in [0.15, 0.2) is 34.7 Å². The summed E-state index contributed by atoms with van der Waals surface area (Å²) in [5.74, 6) is 2.60. The fraction of sp³-hybridized carbons (Fsp3) is 0.500. The molecule has 0 bridgehead atoms. The van der Waals surface area contributed by atoms with E-state index in [4.69, 9.17) is 18.6 Å². The third-order valence-electron chi connectivity index (χ3n) is 5.87. The second-order valence-electron chi connectivity index (χ2n) is 8.34. The van der Waals surface area contributed by atoms with Gasteiger partial charge in [0.1, 0.15) is 11.5 Å². The van der Waals surface area contributed by atoms with Gasteiger partial charge < -0.3 is 28.4 Å². The van der Waals surface area contributed by atoms with Gasteiger partial charge in [0, 0.05) is 39.6 Å². The summed E-state index contributed by atoms with van der Waals surface area (Å²) < 4.78 is 22.0. The number of carbonyl (C=O) groups is 2. The van der Waals surface area contributed by atoms with Gasteiger partial charge in [-0.3, -0.25) is 14.5 Å². The first kappa shape index (κ1) is 23.1. The van der Waals surface area contributed by atoms with Gasteiger partial charge in [0.05, 0.1) is 26.3 Å². The van der Waals surface area contributed by atoms with E-state index in [0.29, 0.717) is 50.1 Å². The Morgan fingerprint density at radius 2 is 1.79 bits per heavy atom. The number of rotatable bonds is 9. The highest BCUT2D eigenvalue weighted by atomic mass is 16.7. The summed E-state index contributed by atoms with van der Waals surface area (Å²) in [5, 5.41) is 0. The largest absolute Gasteiger partial charge is 0.464 e. The Balaban J connectivity index is 1.44. The Morgan fingerprint density at radius 1 is 1.00 bits per heavy atom. The van der Waals surface area contributed by atoms with Crippen LogP contribution < -0.4 is 9.47 Å². The first-order valence-electron chi connectivity index (χ1n) is 11.2. The Labute approximate surface area is 193 Å². The van der Waals surface area contributed by atoms with E-state index in [2.05, 4.69) is 4.90 Å². The smallest absolute Gasteiger partial charge is 0.242 e.